The van der Waals surface area contributed by atoms with Crippen LogP contribution in [0.25, 0.3) is 0 Å². The zero-order chi connectivity index (χ0) is 8.97. The largest absolute Gasteiger partial charge is 0.390 e. The van der Waals surface area contributed by atoms with E-state index in [0.717, 1.165) is 18.7 Å². The Morgan fingerprint density at radius 2 is 2.33 bits per heavy atom. The van der Waals surface area contributed by atoms with E-state index in [1.165, 1.54) is 0 Å². The fourth-order valence-corrected chi connectivity index (χ4v) is 0.996. The lowest BCUT2D eigenvalue weighted by Crippen LogP contribution is -2.08. The van der Waals surface area contributed by atoms with Gasteiger partial charge in [-0.1, -0.05) is 5.21 Å². The lowest BCUT2D eigenvalue weighted by molar-refractivity contribution is 0.276. The van der Waals surface area contributed by atoms with E-state index in [1.807, 2.05) is 6.92 Å². The molecule has 0 radical (unpaired) electrons. The quantitative estimate of drug-likeness (QED) is 0.634. The summed E-state index contributed by atoms with van der Waals surface area (Å²) in [6.07, 6.45) is 0.884. The first kappa shape index (κ1) is 9.15. The topological polar surface area (TPSA) is 77.0 Å². The fourth-order valence-electron chi connectivity index (χ4n) is 0.996. The highest BCUT2D eigenvalue weighted by molar-refractivity contribution is 5.05. The lowest BCUT2D eigenvalue weighted by atomic mass is 10.3. The van der Waals surface area contributed by atoms with E-state index < -0.39 is 0 Å². The molecule has 0 amide bonds. The van der Waals surface area contributed by atoms with E-state index in [9.17, 15) is 0 Å². The van der Waals surface area contributed by atoms with Crippen LogP contribution in [0.4, 0.5) is 0 Å². The predicted octanol–water partition coefficient (Wildman–Crippen LogP) is -0.572. The summed E-state index contributed by atoms with van der Waals surface area (Å²) in [7, 11) is 0. The molecule has 1 heterocycles. The van der Waals surface area contributed by atoms with Crippen molar-refractivity contribution in [2.45, 2.75) is 26.5 Å². The van der Waals surface area contributed by atoms with Gasteiger partial charge in [-0.25, -0.2) is 4.68 Å². The van der Waals surface area contributed by atoms with Crippen molar-refractivity contribution in [1.82, 2.24) is 15.0 Å². The van der Waals surface area contributed by atoms with Gasteiger partial charge in [0.2, 0.25) is 0 Å². The van der Waals surface area contributed by atoms with Gasteiger partial charge in [-0.15, -0.1) is 5.10 Å². The Balaban J connectivity index is 2.66. The molecule has 0 fully saturated rings. The van der Waals surface area contributed by atoms with Gasteiger partial charge in [0, 0.05) is 6.54 Å². The number of aromatic nitrogens is 3. The van der Waals surface area contributed by atoms with E-state index in [0.29, 0.717) is 12.2 Å². The van der Waals surface area contributed by atoms with E-state index in [2.05, 4.69) is 10.3 Å². The molecule has 5 heteroatoms. The monoisotopic (exact) mass is 170 g/mol. The third kappa shape index (κ3) is 1.80. The Morgan fingerprint density at radius 1 is 1.58 bits per heavy atom. The van der Waals surface area contributed by atoms with Crippen LogP contribution < -0.4 is 5.73 Å². The molecule has 0 aliphatic carbocycles. The summed E-state index contributed by atoms with van der Waals surface area (Å²) in [5, 5.41) is 16.5. The number of aliphatic hydroxyl groups excluding tert-OH is 1. The Kier molecular flexibility index (Phi) is 3.19. The molecular weight excluding hydrogens is 156 g/mol. The van der Waals surface area contributed by atoms with Crippen LogP contribution in [0.3, 0.4) is 0 Å². The fraction of sp³-hybridized carbons (Fsp3) is 0.714. The number of rotatable bonds is 4. The molecule has 1 aromatic rings. The molecule has 0 aromatic carbocycles. The summed E-state index contributed by atoms with van der Waals surface area (Å²) in [6, 6.07) is 0. The van der Waals surface area contributed by atoms with Gasteiger partial charge in [0.25, 0.3) is 0 Å². The smallest absolute Gasteiger partial charge is 0.111 e. The Morgan fingerprint density at radius 3 is 2.83 bits per heavy atom. The van der Waals surface area contributed by atoms with Crippen LogP contribution in [0.1, 0.15) is 17.8 Å². The first-order valence-corrected chi connectivity index (χ1v) is 3.99. The minimum atomic E-state index is -0.0472. The molecule has 1 aromatic heterocycles. The molecule has 1 rings (SSSR count). The number of hydrogen-bond donors (Lipinski definition) is 2. The summed E-state index contributed by atoms with van der Waals surface area (Å²) < 4.78 is 1.76. The molecule has 0 saturated heterocycles. The van der Waals surface area contributed by atoms with Crippen molar-refractivity contribution in [1.29, 1.82) is 0 Å². The van der Waals surface area contributed by atoms with Gasteiger partial charge in [-0.2, -0.15) is 0 Å². The summed E-state index contributed by atoms with van der Waals surface area (Å²) in [4.78, 5) is 0. The van der Waals surface area contributed by atoms with Crippen molar-refractivity contribution in [2.75, 3.05) is 6.54 Å². The van der Waals surface area contributed by atoms with Crippen molar-refractivity contribution in [3.63, 3.8) is 0 Å². The standard InChI is InChI=1S/C7H14N4O/c1-6-7(5-12)9-10-11(6)4-2-3-8/h12H,2-5,8H2,1H3. The number of nitrogens with zero attached hydrogens (tertiary/aromatic N) is 3. The van der Waals surface area contributed by atoms with Gasteiger partial charge < -0.3 is 10.8 Å². The lowest BCUT2D eigenvalue weighted by Gasteiger charge is -2.00. The molecule has 5 nitrogen and oxygen atoms in total. The first-order chi connectivity index (χ1) is 5.79. The summed E-state index contributed by atoms with van der Waals surface area (Å²) in [5.41, 5.74) is 6.92. The Hall–Kier alpha value is -0.940. The number of aliphatic hydroxyl groups is 1. The summed E-state index contributed by atoms with van der Waals surface area (Å²) >= 11 is 0. The zero-order valence-corrected chi connectivity index (χ0v) is 7.19. The third-order valence-electron chi connectivity index (χ3n) is 1.80. The van der Waals surface area contributed by atoms with Gasteiger partial charge >= 0.3 is 0 Å². The van der Waals surface area contributed by atoms with Gasteiger partial charge in [0.15, 0.2) is 0 Å². The van der Waals surface area contributed by atoms with E-state index in [1.54, 1.807) is 4.68 Å². The second-order valence-corrected chi connectivity index (χ2v) is 2.65. The highest BCUT2D eigenvalue weighted by Gasteiger charge is 2.05. The zero-order valence-electron chi connectivity index (χ0n) is 7.19. The molecular formula is C7H14N4O. The van der Waals surface area contributed by atoms with E-state index in [-0.39, 0.29) is 6.61 Å². The third-order valence-corrected chi connectivity index (χ3v) is 1.80. The molecule has 12 heavy (non-hydrogen) atoms. The maximum absolute atomic E-state index is 8.82. The molecule has 0 bridgehead atoms. The number of nitrogens with two attached hydrogens (primary N) is 1. The number of hydrogen-bond acceptors (Lipinski definition) is 4. The summed E-state index contributed by atoms with van der Waals surface area (Å²) in [5.74, 6) is 0. The maximum atomic E-state index is 8.82. The van der Waals surface area contributed by atoms with Crippen LogP contribution in [-0.4, -0.2) is 26.6 Å². The second-order valence-electron chi connectivity index (χ2n) is 2.65. The Bertz CT molecular complexity index is 246. The Labute approximate surface area is 71.2 Å². The van der Waals surface area contributed by atoms with Crippen LogP contribution in [0.5, 0.6) is 0 Å². The second kappa shape index (κ2) is 4.18. The van der Waals surface area contributed by atoms with Gasteiger partial charge in [0.05, 0.1) is 12.3 Å². The van der Waals surface area contributed by atoms with Crippen LogP contribution in [0.15, 0.2) is 0 Å². The SMILES string of the molecule is Cc1c(CO)nnn1CCCN. The van der Waals surface area contributed by atoms with Crippen molar-refractivity contribution in [3.8, 4) is 0 Å². The normalized spacial score (nSPS) is 10.6. The highest BCUT2D eigenvalue weighted by atomic mass is 16.3. The van der Waals surface area contributed by atoms with E-state index >= 15 is 0 Å². The van der Waals surface area contributed by atoms with E-state index in [4.69, 9.17) is 10.8 Å². The minimum Gasteiger partial charge on any atom is -0.390 e. The molecule has 0 unspecified atom stereocenters. The first-order valence-electron chi connectivity index (χ1n) is 3.99. The number of aryl methyl sites for hydroxylation is 1. The van der Waals surface area contributed by atoms with Crippen molar-refractivity contribution >= 4 is 0 Å². The average Bonchev–Trinajstić information content (AvgIpc) is 2.43. The molecule has 68 valence electrons. The van der Waals surface area contributed by atoms with Crippen LogP contribution in [0, 0.1) is 6.92 Å². The van der Waals surface area contributed by atoms with Crippen LogP contribution >= 0.6 is 0 Å². The van der Waals surface area contributed by atoms with Crippen LogP contribution in [0.2, 0.25) is 0 Å². The van der Waals surface area contributed by atoms with Crippen molar-refractivity contribution in [3.05, 3.63) is 11.4 Å². The van der Waals surface area contributed by atoms with Gasteiger partial charge in [0.1, 0.15) is 5.69 Å². The predicted molar refractivity (Wildman–Crippen MR) is 44.4 cm³/mol. The van der Waals surface area contributed by atoms with Gasteiger partial charge in [-0.05, 0) is 19.9 Å². The molecule has 0 atom stereocenters. The highest BCUT2D eigenvalue weighted by Crippen LogP contribution is 2.03. The van der Waals surface area contributed by atoms with Crippen molar-refractivity contribution in [2.24, 2.45) is 5.73 Å². The molecule has 0 saturated carbocycles. The molecule has 0 aliphatic heterocycles. The summed E-state index contributed by atoms with van der Waals surface area (Å²) in [6.45, 7) is 3.26. The van der Waals surface area contributed by atoms with Crippen molar-refractivity contribution < 1.29 is 5.11 Å². The minimum absolute atomic E-state index is 0.0472. The molecule has 3 N–H and O–H groups in total. The molecule has 0 spiro atoms. The van der Waals surface area contributed by atoms with Crippen LogP contribution in [-0.2, 0) is 13.2 Å². The van der Waals surface area contributed by atoms with Gasteiger partial charge in [-0.3, -0.25) is 0 Å². The maximum Gasteiger partial charge on any atom is 0.111 e. The average molecular weight is 170 g/mol. The molecule has 0 aliphatic rings.